The molecular weight excluding hydrogens is 286 g/mol. The first-order valence-electron chi connectivity index (χ1n) is 8.60. The number of aryl methyl sites for hydroxylation is 2. The maximum atomic E-state index is 5.89. The lowest BCUT2D eigenvalue weighted by Gasteiger charge is -2.21. The van der Waals surface area contributed by atoms with Gasteiger partial charge in [-0.05, 0) is 74.8 Å². The van der Waals surface area contributed by atoms with Crippen LogP contribution in [0, 0.1) is 20.8 Å². The van der Waals surface area contributed by atoms with Crippen LogP contribution in [0.1, 0.15) is 61.1 Å². The van der Waals surface area contributed by atoms with Crippen LogP contribution < -0.4 is 4.74 Å². The van der Waals surface area contributed by atoms with Gasteiger partial charge in [-0.1, -0.05) is 19.1 Å². The first-order chi connectivity index (χ1) is 11.0. The average Bonchev–Trinajstić information content (AvgIpc) is 2.97. The molecule has 0 bridgehead atoms. The van der Waals surface area contributed by atoms with Gasteiger partial charge in [0.2, 0.25) is 0 Å². The molecule has 0 N–H and O–H groups in total. The Hall–Kier alpha value is -1.84. The number of nitrogens with zero attached hydrogens (tertiary/aromatic N) is 3. The third-order valence-corrected chi connectivity index (χ3v) is 4.49. The van der Waals surface area contributed by atoms with Crippen LogP contribution in [0.15, 0.2) is 12.3 Å². The van der Waals surface area contributed by atoms with Crippen molar-refractivity contribution in [2.24, 2.45) is 0 Å². The van der Waals surface area contributed by atoms with E-state index in [1.165, 1.54) is 22.3 Å². The highest BCUT2D eigenvalue weighted by molar-refractivity contribution is 5.49. The van der Waals surface area contributed by atoms with E-state index in [9.17, 15) is 0 Å². The minimum atomic E-state index is 0.413. The van der Waals surface area contributed by atoms with Crippen LogP contribution in [0.25, 0.3) is 0 Å². The summed E-state index contributed by atoms with van der Waals surface area (Å²) in [6, 6.07) is 2.19. The first-order valence-corrected chi connectivity index (χ1v) is 8.60. The topological polar surface area (TPSA) is 39.9 Å². The van der Waals surface area contributed by atoms with Crippen molar-refractivity contribution in [2.75, 3.05) is 6.61 Å². The van der Waals surface area contributed by atoms with Crippen LogP contribution in [0.3, 0.4) is 0 Å². The second-order valence-corrected chi connectivity index (χ2v) is 6.37. The zero-order chi connectivity index (χ0) is 17.0. The number of rotatable bonds is 7. The van der Waals surface area contributed by atoms with Crippen molar-refractivity contribution in [3.63, 3.8) is 0 Å². The molecule has 2 rings (SSSR count). The Morgan fingerprint density at radius 3 is 2.52 bits per heavy atom. The predicted octanol–water partition coefficient (Wildman–Crippen LogP) is 4.36. The molecule has 0 saturated heterocycles. The number of benzene rings is 1. The molecule has 0 fully saturated rings. The Morgan fingerprint density at radius 2 is 1.91 bits per heavy atom. The number of hydrogen-bond acceptors (Lipinski definition) is 3. The largest absolute Gasteiger partial charge is 0.493 e. The fourth-order valence-corrected chi connectivity index (χ4v) is 3.19. The van der Waals surface area contributed by atoms with E-state index in [2.05, 4.69) is 57.9 Å². The lowest BCUT2D eigenvalue weighted by atomic mass is 9.86. The first kappa shape index (κ1) is 17.5. The standard InChI is InChI=1S/C19H29N3O/c1-7-9-23-18-11-14(4)19(16(6)15(18)5)13(3)10-17-12-22(8-2)21-20-17/h11-13H,7-10H2,1-6H3. The maximum Gasteiger partial charge on any atom is 0.122 e. The average molecular weight is 315 g/mol. The van der Waals surface area contributed by atoms with Crippen molar-refractivity contribution < 1.29 is 4.74 Å². The van der Waals surface area contributed by atoms with Crippen LogP contribution in [0.5, 0.6) is 5.75 Å². The van der Waals surface area contributed by atoms with E-state index < -0.39 is 0 Å². The van der Waals surface area contributed by atoms with E-state index >= 15 is 0 Å². The molecule has 1 heterocycles. The molecular formula is C19H29N3O. The summed E-state index contributed by atoms with van der Waals surface area (Å²) >= 11 is 0. The summed E-state index contributed by atoms with van der Waals surface area (Å²) in [6.45, 7) is 14.7. The van der Waals surface area contributed by atoms with Gasteiger partial charge in [-0.3, -0.25) is 4.68 Å². The van der Waals surface area contributed by atoms with Gasteiger partial charge in [-0.15, -0.1) is 5.10 Å². The van der Waals surface area contributed by atoms with Gasteiger partial charge in [0, 0.05) is 12.7 Å². The second kappa shape index (κ2) is 7.62. The SMILES string of the molecule is CCCOc1cc(C)c(C(C)Cc2cn(CC)nn2)c(C)c1C. The summed E-state index contributed by atoms with van der Waals surface area (Å²) in [5, 5.41) is 8.42. The summed E-state index contributed by atoms with van der Waals surface area (Å²) < 4.78 is 7.78. The fraction of sp³-hybridized carbons (Fsp3) is 0.579. The second-order valence-electron chi connectivity index (χ2n) is 6.37. The van der Waals surface area contributed by atoms with Crippen molar-refractivity contribution in [3.8, 4) is 5.75 Å². The van der Waals surface area contributed by atoms with Gasteiger partial charge >= 0.3 is 0 Å². The van der Waals surface area contributed by atoms with Crippen LogP contribution in [-0.2, 0) is 13.0 Å². The van der Waals surface area contributed by atoms with Gasteiger partial charge in [-0.25, -0.2) is 0 Å². The summed E-state index contributed by atoms with van der Waals surface area (Å²) in [6.07, 6.45) is 3.99. The molecule has 2 aromatic rings. The number of aromatic nitrogens is 3. The van der Waals surface area contributed by atoms with Gasteiger partial charge < -0.3 is 4.74 Å². The third kappa shape index (κ3) is 3.92. The van der Waals surface area contributed by atoms with E-state index in [-0.39, 0.29) is 0 Å². The molecule has 1 aromatic carbocycles. The molecule has 4 heteroatoms. The molecule has 4 nitrogen and oxygen atoms in total. The molecule has 1 unspecified atom stereocenters. The molecule has 0 spiro atoms. The normalized spacial score (nSPS) is 12.4. The van der Waals surface area contributed by atoms with Crippen LogP contribution in [0.2, 0.25) is 0 Å². The third-order valence-electron chi connectivity index (χ3n) is 4.49. The van der Waals surface area contributed by atoms with Crippen molar-refractivity contribution >= 4 is 0 Å². The summed E-state index contributed by atoms with van der Waals surface area (Å²) in [5.74, 6) is 1.44. The fourth-order valence-electron chi connectivity index (χ4n) is 3.19. The molecule has 126 valence electrons. The molecule has 0 saturated carbocycles. The molecule has 0 aliphatic heterocycles. The highest BCUT2D eigenvalue weighted by Crippen LogP contribution is 2.33. The van der Waals surface area contributed by atoms with E-state index in [4.69, 9.17) is 4.74 Å². The van der Waals surface area contributed by atoms with Crippen LogP contribution >= 0.6 is 0 Å². The van der Waals surface area contributed by atoms with E-state index in [0.29, 0.717) is 5.92 Å². The van der Waals surface area contributed by atoms with Crippen LogP contribution in [-0.4, -0.2) is 21.6 Å². The highest BCUT2D eigenvalue weighted by Gasteiger charge is 2.18. The molecule has 23 heavy (non-hydrogen) atoms. The quantitative estimate of drug-likeness (QED) is 0.762. The monoisotopic (exact) mass is 315 g/mol. The zero-order valence-corrected chi connectivity index (χ0v) is 15.3. The molecule has 0 aliphatic rings. The van der Waals surface area contributed by atoms with E-state index in [1.54, 1.807) is 0 Å². The van der Waals surface area contributed by atoms with Gasteiger partial charge in [0.25, 0.3) is 0 Å². The zero-order valence-electron chi connectivity index (χ0n) is 15.3. The minimum Gasteiger partial charge on any atom is -0.493 e. The smallest absolute Gasteiger partial charge is 0.122 e. The highest BCUT2D eigenvalue weighted by atomic mass is 16.5. The Balaban J connectivity index is 2.25. The number of ether oxygens (including phenoxy) is 1. The van der Waals surface area contributed by atoms with Gasteiger partial charge in [0.05, 0.1) is 12.3 Å². The van der Waals surface area contributed by atoms with Crippen molar-refractivity contribution in [2.45, 2.75) is 66.8 Å². The lowest BCUT2D eigenvalue weighted by molar-refractivity contribution is 0.314. The van der Waals surface area contributed by atoms with E-state index in [1.807, 2.05) is 10.9 Å². The Kier molecular flexibility index (Phi) is 5.80. The Bertz CT molecular complexity index is 661. The summed E-state index contributed by atoms with van der Waals surface area (Å²) in [5.41, 5.74) is 6.36. The van der Waals surface area contributed by atoms with Crippen molar-refractivity contribution in [3.05, 3.63) is 40.2 Å². The molecule has 0 aliphatic carbocycles. The minimum absolute atomic E-state index is 0.413. The van der Waals surface area contributed by atoms with Crippen molar-refractivity contribution in [1.29, 1.82) is 0 Å². The predicted molar refractivity (Wildman–Crippen MR) is 94.3 cm³/mol. The summed E-state index contributed by atoms with van der Waals surface area (Å²) in [4.78, 5) is 0. The van der Waals surface area contributed by atoms with E-state index in [0.717, 1.165) is 37.4 Å². The van der Waals surface area contributed by atoms with Crippen LogP contribution in [0.4, 0.5) is 0 Å². The summed E-state index contributed by atoms with van der Waals surface area (Å²) in [7, 11) is 0. The van der Waals surface area contributed by atoms with Gasteiger partial charge in [0.15, 0.2) is 0 Å². The Labute approximate surface area is 139 Å². The van der Waals surface area contributed by atoms with Gasteiger partial charge in [-0.2, -0.15) is 0 Å². The van der Waals surface area contributed by atoms with Gasteiger partial charge in [0.1, 0.15) is 5.75 Å². The molecule has 1 aromatic heterocycles. The molecule has 1 atom stereocenters. The maximum absolute atomic E-state index is 5.89. The molecule has 0 amide bonds. The number of hydrogen-bond donors (Lipinski definition) is 0. The lowest BCUT2D eigenvalue weighted by Crippen LogP contribution is -2.07. The Morgan fingerprint density at radius 1 is 1.17 bits per heavy atom. The van der Waals surface area contributed by atoms with Crippen molar-refractivity contribution in [1.82, 2.24) is 15.0 Å². The molecule has 0 radical (unpaired) electrons.